The lowest BCUT2D eigenvalue weighted by atomic mass is 10.1. The maximum Gasteiger partial charge on any atom is 0.260 e. The molecule has 0 saturated heterocycles. The largest absolute Gasteiger partial charge is 0.494 e. The second-order valence-corrected chi connectivity index (χ2v) is 7.31. The number of guanidine groups is 1. The van der Waals surface area contributed by atoms with Crippen LogP contribution in [0.5, 0.6) is 5.75 Å². The molecule has 1 aliphatic carbocycles. The SMILES string of the molecule is CCCCOc1ccc(C(=O)N2CCN=C2Nc2cccc3c2CCC3)cc1. The minimum atomic E-state index is -0.0311. The standard InChI is InChI=1S/C23H27N3O2/c1-2-3-16-28-19-12-10-18(11-13-19)22(27)26-15-14-24-23(26)25-21-9-5-7-17-6-4-8-20(17)21/h5,7,9-13H,2-4,6,8,14-16H2,1H3,(H,24,25). The number of nitrogens with one attached hydrogen (secondary N) is 1. The van der Waals surface area contributed by atoms with Gasteiger partial charge in [-0.25, -0.2) is 0 Å². The maximum atomic E-state index is 13.0. The minimum absolute atomic E-state index is 0.0311. The number of hydrogen-bond acceptors (Lipinski definition) is 4. The molecule has 0 bridgehead atoms. The summed E-state index contributed by atoms with van der Waals surface area (Å²) >= 11 is 0. The quantitative estimate of drug-likeness (QED) is 0.765. The van der Waals surface area contributed by atoms with E-state index < -0.39 is 0 Å². The summed E-state index contributed by atoms with van der Waals surface area (Å²) in [6.07, 6.45) is 5.54. The van der Waals surface area contributed by atoms with Gasteiger partial charge in [-0.2, -0.15) is 0 Å². The van der Waals surface area contributed by atoms with Crippen molar-refractivity contribution in [2.45, 2.75) is 39.0 Å². The number of carbonyl (C=O) groups is 1. The van der Waals surface area contributed by atoms with Crippen LogP contribution in [0.1, 0.15) is 47.7 Å². The number of rotatable bonds is 6. The predicted octanol–water partition coefficient (Wildman–Crippen LogP) is 4.28. The van der Waals surface area contributed by atoms with E-state index in [9.17, 15) is 4.79 Å². The van der Waals surface area contributed by atoms with Gasteiger partial charge in [0.05, 0.1) is 13.2 Å². The molecule has 146 valence electrons. The number of aliphatic imine (C=N–C) groups is 1. The summed E-state index contributed by atoms with van der Waals surface area (Å²) in [6, 6.07) is 13.7. The van der Waals surface area contributed by atoms with Crippen molar-refractivity contribution in [2.75, 3.05) is 25.0 Å². The average Bonchev–Trinajstić information content (AvgIpc) is 3.38. The summed E-state index contributed by atoms with van der Waals surface area (Å²) < 4.78 is 5.69. The minimum Gasteiger partial charge on any atom is -0.494 e. The van der Waals surface area contributed by atoms with Crippen LogP contribution in [0.2, 0.25) is 0 Å². The third-order valence-corrected chi connectivity index (χ3v) is 5.35. The van der Waals surface area contributed by atoms with Gasteiger partial charge in [-0.1, -0.05) is 25.5 Å². The van der Waals surface area contributed by atoms with Crippen LogP contribution in [0, 0.1) is 0 Å². The molecule has 5 heteroatoms. The first-order chi connectivity index (χ1) is 13.8. The van der Waals surface area contributed by atoms with E-state index in [-0.39, 0.29) is 5.91 Å². The Balaban J connectivity index is 1.44. The molecular weight excluding hydrogens is 350 g/mol. The van der Waals surface area contributed by atoms with Crippen molar-refractivity contribution in [1.82, 2.24) is 4.90 Å². The summed E-state index contributed by atoms with van der Waals surface area (Å²) in [4.78, 5) is 19.3. The van der Waals surface area contributed by atoms with E-state index >= 15 is 0 Å². The van der Waals surface area contributed by atoms with Crippen molar-refractivity contribution < 1.29 is 9.53 Å². The van der Waals surface area contributed by atoms with Crippen LogP contribution in [0.15, 0.2) is 47.5 Å². The second-order valence-electron chi connectivity index (χ2n) is 7.31. The fourth-order valence-electron chi connectivity index (χ4n) is 3.79. The molecule has 0 saturated carbocycles. The molecule has 0 atom stereocenters. The zero-order valence-corrected chi connectivity index (χ0v) is 16.4. The highest BCUT2D eigenvalue weighted by molar-refractivity contribution is 6.11. The average molecular weight is 377 g/mol. The van der Waals surface area contributed by atoms with Gasteiger partial charge >= 0.3 is 0 Å². The Labute approximate surface area is 166 Å². The monoisotopic (exact) mass is 377 g/mol. The van der Waals surface area contributed by atoms with Gasteiger partial charge in [-0.05, 0) is 67.1 Å². The van der Waals surface area contributed by atoms with Gasteiger partial charge in [-0.3, -0.25) is 14.7 Å². The van der Waals surface area contributed by atoms with E-state index in [1.165, 1.54) is 17.5 Å². The topological polar surface area (TPSA) is 53.9 Å². The van der Waals surface area contributed by atoms with Gasteiger partial charge in [0, 0.05) is 17.8 Å². The van der Waals surface area contributed by atoms with Gasteiger partial charge in [0.1, 0.15) is 5.75 Å². The lowest BCUT2D eigenvalue weighted by molar-refractivity contribution is 0.0857. The Hall–Kier alpha value is -2.82. The highest BCUT2D eigenvalue weighted by atomic mass is 16.5. The molecular formula is C23H27N3O2. The first-order valence-electron chi connectivity index (χ1n) is 10.2. The van der Waals surface area contributed by atoms with Gasteiger partial charge in [0.2, 0.25) is 5.96 Å². The first-order valence-corrected chi connectivity index (χ1v) is 10.2. The third-order valence-electron chi connectivity index (χ3n) is 5.35. The molecule has 1 N–H and O–H groups in total. The van der Waals surface area contributed by atoms with Crippen molar-refractivity contribution in [1.29, 1.82) is 0 Å². The number of unbranched alkanes of at least 4 members (excludes halogenated alkanes) is 1. The molecule has 1 aliphatic heterocycles. The number of ether oxygens (including phenoxy) is 1. The number of hydrogen-bond donors (Lipinski definition) is 1. The number of anilines is 1. The van der Waals surface area contributed by atoms with Crippen molar-refractivity contribution in [3.8, 4) is 5.75 Å². The van der Waals surface area contributed by atoms with Crippen LogP contribution < -0.4 is 10.1 Å². The van der Waals surface area contributed by atoms with Crippen LogP contribution in [-0.4, -0.2) is 36.5 Å². The molecule has 0 radical (unpaired) electrons. The Morgan fingerprint density at radius 1 is 1.18 bits per heavy atom. The predicted molar refractivity (Wildman–Crippen MR) is 112 cm³/mol. The Kier molecular flexibility index (Phi) is 5.60. The van der Waals surface area contributed by atoms with Gasteiger partial charge < -0.3 is 10.1 Å². The number of nitrogens with zero attached hydrogens (tertiary/aromatic N) is 2. The second kappa shape index (κ2) is 8.46. The maximum absolute atomic E-state index is 13.0. The van der Waals surface area contributed by atoms with Crippen LogP contribution in [0.3, 0.4) is 0 Å². The van der Waals surface area contributed by atoms with Crippen molar-refractivity contribution in [2.24, 2.45) is 4.99 Å². The molecule has 28 heavy (non-hydrogen) atoms. The highest BCUT2D eigenvalue weighted by Gasteiger charge is 2.26. The van der Waals surface area contributed by atoms with E-state index in [0.717, 1.165) is 37.1 Å². The molecule has 2 aromatic rings. The summed E-state index contributed by atoms with van der Waals surface area (Å²) in [5, 5.41) is 3.42. The summed E-state index contributed by atoms with van der Waals surface area (Å²) in [6.45, 7) is 4.07. The molecule has 0 aromatic heterocycles. The Morgan fingerprint density at radius 2 is 2.04 bits per heavy atom. The number of benzene rings is 2. The molecule has 0 unspecified atom stereocenters. The number of aryl methyl sites for hydroxylation is 1. The zero-order chi connectivity index (χ0) is 19.3. The molecule has 4 rings (SSSR count). The fourth-order valence-corrected chi connectivity index (χ4v) is 3.79. The van der Waals surface area contributed by atoms with Crippen molar-refractivity contribution >= 4 is 17.6 Å². The van der Waals surface area contributed by atoms with Crippen LogP contribution >= 0.6 is 0 Å². The molecule has 2 aromatic carbocycles. The molecule has 0 spiro atoms. The van der Waals surface area contributed by atoms with Crippen LogP contribution in [0.4, 0.5) is 5.69 Å². The van der Waals surface area contributed by atoms with Gasteiger partial charge in [0.25, 0.3) is 5.91 Å². The van der Waals surface area contributed by atoms with Crippen LogP contribution in [0.25, 0.3) is 0 Å². The lowest BCUT2D eigenvalue weighted by Gasteiger charge is -2.21. The lowest BCUT2D eigenvalue weighted by Crippen LogP contribution is -2.38. The van der Waals surface area contributed by atoms with Crippen molar-refractivity contribution in [3.63, 3.8) is 0 Å². The first kappa shape index (κ1) is 18.5. The third kappa shape index (κ3) is 3.88. The fraction of sp³-hybridized carbons (Fsp3) is 0.391. The smallest absolute Gasteiger partial charge is 0.260 e. The zero-order valence-electron chi connectivity index (χ0n) is 16.4. The number of carbonyl (C=O) groups excluding carboxylic acids is 1. The van der Waals surface area contributed by atoms with E-state index in [1.807, 2.05) is 24.3 Å². The number of fused-ring (bicyclic) bond motifs is 1. The Morgan fingerprint density at radius 3 is 2.86 bits per heavy atom. The molecule has 2 aliphatic rings. The molecule has 1 heterocycles. The van der Waals surface area contributed by atoms with E-state index in [0.29, 0.717) is 31.2 Å². The normalized spacial score (nSPS) is 15.3. The molecule has 0 fully saturated rings. The van der Waals surface area contributed by atoms with Gasteiger partial charge in [-0.15, -0.1) is 0 Å². The highest BCUT2D eigenvalue weighted by Crippen LogP contribution is 2.29. The summed E-state index contributed by atoms with van der Waals surface area (Å²) in [7, 11) is 0. The summed E-state index contributed by atoms with van der Waals surface area (Å²) in [5.41, 5.74) is 4.49. The van der Waals surface area contributed by atoms with Crippen molar-refractivity contribution in [3.05, 3.63) is 59.2 Å². The molecule has 5 nitrogen and oxygen atoms in total. The van der Waals surface area contributed by atoms with E-state index in [4.69, 9.17) is 4.74 Å². The van der Waals surface area contributed by atoms with Crippen LogP contribution in [-0.2, 0) is 12.8 Å². The van der Waals surface area contributed by atoms with E-state index in [2.05, 4.69) is 35.4 Å². The summed E-state index contributed by atoms with van der Waals surface area (Å²) in [5.74, 6) is 1.42. The van der Waals surface area contributed by atoms with Gasteiger partial charge in [0.15, 0.2) is 0 Å². The van der Waals surface area contributed by atoms with E-state index in [1.54, 1.807) is 4.90 Å². The molecule has 1 amide bonds. The number of amides is 1. The Bertz CT molecular complexity index is 874.